The van der Waals surface area contributed by atoms with E-state index in [0.717, 1.165) is 24.3 Å². The highest BCUT2D eigenvalue weighted by atomic mass is 16.5. The Balaban J connectivity index is 1.71. The van der Waals surface area contributed by atoms with Crippen molar-refractivity contribution >= 4 is 0 Å². The molecule has 2 nitrogen and oxygen atoms in total. The Hall–Kier alpha value is -1.75. The molecular formula is C24H35NO. The van der Waals surface area contributed by atoms with Gasteiger partial charge in [-0.15, -0.1) is 0 Å². The molecule has 0 radical (unpaired) electrons. The van der Waals surface area contributed by atoms with Crippen LogP contribution in [-0.2, 0) is 4.74 Å². The minimum Gasteiger partial charge on any atom is -0.498 e. The highest BCUT2D eigenvalue weighted by Crippen LogP contribution is 2.38. The van der Waals surface area contributed by atoms with Crippen LogP contribution in [0.2, 0.25) is 0 Å². The first-order chi connectivity index (χ1) is 12.8. The number of hydrogen-bond acceptors (Lipinski definition) is 2. The van der Waals surface area contributed by atoms with Crippen molar-refractivity contribution in [1.82, 2.24) is 0 Å². The smallest absolute Gasteiger partial charge is 0.0991 e. The van der Waals surface area contributed by atoms with Crippen LogP contribution in [0.1, 0.15) is 95.1 Å². The molecule has 1 unspecified atom stereocenters. The van der Waals surface area contributed by atoms with Gasteiger partial charge >= 0.3 is 0 Å². The lowest BCUT2D eigenvalue weighted by Crippen LogP contribution is -2.19. The Morgan fingerprint density at radius 3 is 2.46 bits per heavy atom. The zero-order valence-corrected chi connectivity index (χ0v) is 16.6. The van der Waals surface area contributed by atoms with Crippen LogP contribution in [0.3, 0.4) is 0 Å². The quantitative estimate of drug-likeness (QED) is 0.331. The van der Waals surface area contributed by atoms with Crippen LogP contribution in [0.15, 0.2) is 36.6 Å². The van der Waals surface area contributed by atoms with Crippen molar-refractivity contribution in [2.75, 3.05) is 0 Å². The predicted molar refractivity (Wildman–Crippen MR) is 109 cm³/mol. The number of benzene rings is 1. The first-order valence-electron chi connectivity index (χ1n) is 10.6. The lowest BCUT2D eigenvalue weighted by molar-refractivity contribution is 0.102. The second-order valence-corrected chi connectivity index (χ2v) is 7.72. The summed E-state index contributed by atoms with van der Waals surface area (Å²) < 4.78 is 6.00. The van der Waals surface area contributed by atoms with Gasteiger partial charge in [0.25, 0.3) is 0 Å². The largest absolute Gasteiger partial charge is 0.498 e. The molecule has 0 bridgehead atoms. The molecule has 142 valence electrons. The van der Waals surface area contributed by atoms with E-state index in [0.29, 0.717) is 12.0 Å². The van der Waals surface area contributed by atoms with Crippen molar-refractivity contribution in [2.24, 2.45) is 5.92 Å². The third kappa shape index (κ3) is 6.87. The van der Waals surface area contributed by atoms with Crippen LogP contribution in [-0.4, -0.2) is 6.10 Å². The molecule has 0 amide bonds. The summed E-state index contributed by atoms with van der Waals surface area (Å²) in [4.78, 5) is 0. The predicted octanol–water partition coefficient (Wildman–Crippen LogP) is 7.11. The zero-order chi connectivity index (χ0) is 18.6. The maximum absolute atomic E-state index is 8.93. The van der Waals surface area contributed by atoms with Crippen LogP contribution in [0.4, 0.5) is 0 Å². The van der Waals surface area contributed by atoms with E-state index in [2.05, 4.69) is 38.1 Å². The molecule has 1 aromatic carbocycles. The van der Waals surface area contributed by atoms with Gasteiger partial charge in [0.1, 0.15) is 0 Å². The number of nitrogens with zero attached hydrogens (tertiary/aromatic N) is 1. The van der Waals surface area contributed by atoms with Crippen molar-refractivity contribution < 1.29 is 4.74 Å². The monoisotopic (exact) mass is 353 g/mol. The maximum atomic E-state index is 8.93. The Morgan fingerprint density at radius 2 is 1.85 bits per heavy atom. The molecule has 1 aliphatic rings. The van der Waals surface area contributed by atoms with E-state index in [1.807, 2.05) is 18.4 Å². The van der Waals surface area contributed by atoms with E-state index in [-0.39, 0.29) is 0 Å². The third-order valence-corrected chi connectivity index (χ3v) is 5.75. The topological polar surface area (TPSA) is 33.0 Å². The summed E-state index contributed by atoms with van der Waals surface area (Å²) in [5, 5.41) is 8.93. The van der Waals surface area contributed by atoms with Crippen molar-refractivity contribution in [1.29, 1.82) is 5.26 Å². The highest BCUT2D eigenvalue weighted by Gasteiger charge is 2.24. The summed E-state index contributed by atoms with van der Waals surface area (Å²) in [7, 11) is 0. The lowest BCUT2D eigenvalue weighted by Gasteiger charge is -2.30. The van der Waals surface area contributed by atoms with Gasteiger partial charge in [-0.2, -0.15) is 5.26 Å². The number of rotatable bonds is 10. The normalized spacial score (nSPS) is 21.4. The van der Waals surface area contributed by atoms with Crippen LogP contribution in [0.5, 0.6) is 0 Å². The molecule has 1 fully saturated rings. The van der Waals surface area contributed by atoms with Gasteiger partial charge in [-0.05, 0) is 87.0 Å². The van der Waals surface area contributed by atoms with Crippen molar-refractivity contribution in [3.8, 4) is 6.07 Å². The van der Waals surface area contributed by atoms with Gasteiger partial charge < -0.3 is 4.74 Å². The summed E-state index contributed by atoms with van der Waals surface area (Å²) in [5.41, 5.74) is 2.16. The van der Waals surface area contributed by atoms with E-state index in [1.165, 1.54) is 56.9 Å². The standard InChI is InChI=1S/C24H35NO/c1-3-5-6-7-8-17-26-24(4-2)18-20-9-13-22(14-10-20)23-15-11-21(19-25)12-16-23/h8,11-12,15-17,20,22,24H,3-7,9-10,13-14,18H2,1-2H3. The molecule has 0 heterocycles. The van der Waals surface area contributed by atoms with Crippen LogP contribution in [0, 0.1) is 17.2 Å². The van der Waals surface area contributed by atoms with Gasteiger partial charge in [0, 0.05) is 0 Å². The third-order valence-electron chi connectivity index (χ3n) is 5.75. The van der Waals surface area contributed by atoms with Crippen molar-refractivity contribution in [2.45, 2.75) is 90.1 Å². The fourth-order valence-corrected chi connectivity index (χ4v) is 4.00. The summed E-state index contributed by atoms with van der Waals surface area (Å²) >= 11 is 0. The molecule has 1 saturated carbocycles. The molecule has 1 atom stereocenters. The summed E-state index contributed by atoms with van der Waals surface area (Å²) in [6, 6.07) is 10.4. The van der Waals surface area contributed by atoms with Gasteiger partial charge in [-0.1, -0.05) is 38.8 Å². The first-order valence-corrected chi connectivity index (χ1v) is 10.6. The number of ether oxygens (including phenoxy) is 1. The van der Waals surface area contributed by atoms with Crippen LogP contribution < -0.4 is 0 Å². The number of allylic oxidation sites excluding steroid dienone is 1. The Morgan fingerprint density at radius 1 is 1.12 bits per heavy atom. The summed E-state index contributed by atoms with van der Waals surface area (Å²) in [6.07, 6.45) is 16.9. The van der Waals surface area contributed by atoms with Gasteiger partial charge in [0.15, 0.2) is 0 Å². The lowest BCUT2D eigenvalue weighted by atomic mass is 9.76. The SMILES string of the molecule is CCCCCC=COC(CC)CC1CCC(c2ccc(C#N)cc2)CC1. The van der Waals surface area contributed by atoms with Gasteiger partial charge in [-0.3, -0.25) is 0 Å². The van der Waals surface area contributed by atoms with Crippen molar-refractivity contribution in [3.63, 3.8) is 0 Å². The van der Waals surface area contributed by atoms with E-state index in [9.17, 15) is 0 Å². The molecule has 1 aromatic rings. The highest BCUT2D eigenvalue weighted by molar-refractivity contribution is 5.33. The molecular weight excluding hydrogens is 318 g/mol. The average Bonchev–Trinajstić information content (AvgIpc) is 2.70. The molecule has 0 N–H and O–H groups in total. The van der Waals surface area contributed by atoms with Gasteiger partial charge in [0.05, 0.1) is 24.0 Å². The van der Waals surface area contributed by atoms with Crippen LogP contribution in [0.25, 0.3) is 0 Å². The fourth-order valence-electron chi connectivity index (χ4n) is 4.00. The molecule has 1 aliphatic carbocycles. The molecule has 0 aromatic heterocycles. The zero-order valence-electron chi connectivity index (χ0n) is 16.6. The van der Waals surface area contributed by atoms with Crippen LogP contribution >= 0.6 is 0 Å². The second-order valence-electron chi connectivity index (χ2n) is 7.72. The number of hydrogen-bond donors (Lipinski definition) is 0. The molecule has 2 heteroatoms. The number of nitriles is 1. The summed E-state index contributed by atoms with van der Waals surface area (Å²) in [5.74, 6) is 1.46. The fraction of sp³-hybridized carbons (Fsp3) is 0.625. The van der Waals surface area contributed by atoms with Gasteiger partial charge in [0.2, 0.25) is 0 Å². The maximum Gasteiger partial charge on any atom is 0.0991 e. The first kappa shape index (κ1) is 20.6. The molecule has 26 heavy (non-hydrogen) atoms. The Bertz CT molecular complexity index is 561. The molecule has 0 aliphatic heterocycles. The average molecular weight is 354 g/mol. The minimum absolute atomic E-state index is 0.369. The molecule has 0 spiro atoms. The molecule has 2 rings (SSSR count). The van der Waals surface area contributed by atoms with Gasteiger partial charge in [-0.25, -0.2) is 0 Å². The Kier molecular flexibility index (Phi) is 9.32. The van der Waals surface area contributed by atoms with E-state index in [1.54, 1.807) is 0 Å². The van der Waals surface area contributed by atoms with E-state index < -0.39 is 0 Å². The van der Waals surface area contributed by atoms with E-state index >= 15 is 0 Å². The Labute approximate surface area is 160 Å². The van der Waals surface area contributed by atoms with E-state index in [4.69, 9.17) is 10.00 Å². The molecule has 0 saturated heterocycles. The minimum atomic E-state index is 0.369. The number of unbranched alkanes of at least 4 members (excludes halogenated alkanes) is 3. The van der Waals surface area contributed by atoms with Crippen molar-refractivity contribution in [3.05, 3.63) is 47.7 Å². The second kappa shape index (κ2) is 11.8. The summed E-state index contributed by atoms with van der Waals surface area (Å²) in [6.45, 7) is 4.47.